The molecule has 0 spiro atoms. The van der Waals surface area contributed by atoms with E-state index >= 15 is 0 Å². The molecule has 1 fully saturated rings. The fraction of sp³-hybridized carbons (Fsp3) is 0.280. The summed E-state index contributed by atoms with van der Waals surface area (Å²) in [4.78, 5) is 15.5. The molecular formula is C25H26N4O2S. The summed E-state index contributed by atoms with van der Waals surface area (Å²) in [6.07, 6.45) is 0. The summed E-state index contributed by atoms with van der Waals surface area (Å²) in [5.74, 6) is 2.64. The van der Waals surface area contributed by atoms with Gasteiger partial charge in [-0.05, 0) is 17.7 Å². The average molecular weight is 447 g/mol. The fourth-order valence-corrected chi connectivity index (χ4v) is 5.23. The van der Waals surface area contributed by atoms with E-state index in [4.69, 9.17) is 19.4 Å². The minimum Gasteiger partial charge on any atom is -0.495 e. The van der Waals surface area contributed by atoms with Crippen LogP contribution >= 0.6 is 11.3 Å². The van der Waals surface area contributed by atoms with Crippen LogP contribution in [0.1, 0.15) is 5.82 Å². The standard InChI is InChI=1S/C25H26N4O2S/c1-30-16-22-26-24(23-19(17-32-25(23)27-22)18-8-4-3-5-9-18)29-14-12-28(13-15-29)20-10-6-7-11-21(20)31-2/h3-11,17H,12-16H2,1-2H3. The summed E-state index contributed by atoms with van der Waals surface area (Å²) in [5.41, 5.74) is 3.52. The lowest BCUT2D eigenvalue weighted by Gasteiger charge is -2.37. The van der Waals surface area contributed by atoms with E-state index in [9.17, 15) is 0 Å². The minimum absolute atomic E-state index is 0.405. The van der Waals surface area contributed by atoms with Crippen LogP contribution in [0.4, 0.5) is 11.5 Å². The van der Waals surface area contributed by atoms with Gasteiger partial charge in [0.1, 0.15) is 23.0 Å². The van der Waals surface area contributed by atoms with Crippen LogP contribution in [0.25, 0.3) is 21.3 Å². The van der Waals surface area contributed by atoms with E-state index in [-0.39, 0.29) is 0 Å². The lowest BCUT2D eigenvalue weighted by atomic mass is 10.1. The van der Waals surface area contributed by atoms with Crippen molar-refractivity contribution in [3.8, 4) is 16.9 Å². The third-order valence-electron chi connectivity index (χ3n) is 5.82. The van der Waals surface area contributed by atoms with Crippen LogP contribution in [0.3, 0.4) is 0 Å². The molecule has 32 heavy (non-hydrogen) atoms. The first-order chi connectivity index (χ1) is 15.8. The number of benzene rings is 2. The Morgan fingerprint density at radius 2 is 1.59 bits per heavy atom. The van der Waals surface area contributed by atoms with Crippen LogP contribution in [-0.4, -0.2) is 50.4 Å². The predicted molar refractivity (Wildman–Crippen MR) is 131 cm³/mol. The van der Waals surface area contributed by atoms with Crippen molar-refractivity contribution in [1.29, 1.82) is 0 Å². The van der Waals surface area contributed by atoms with Gasteiger partial charge >= 0.3 is 0 Å². The molecule has 164 valence electrons. The SMILES string of the molecule is COCc1nc(N2CCN(c3ccccc3OC)CC2)c2c(-c3ccccc3)csc2n1. The average Bonchev–Trinajstić information content (AvgIpc) is 3.28. The number of anilines is 2. The fourth-order valence-electron chi connectivity index (χ4n) is 4.27. The molecule has 0 saturated carbocycles. The van der Waals surface area contributed by atoms with Crippen molar-refractivity contribution >= 4 is 33.1 Å². The lowest BCUT2D eigenvalue weighted by molar-refractivity contribution is 0.178. The van der Waals surface area contributed by atoms with Crippen LogP contribution in [-0.2, 0) is 11.3 Å². The second-order valence-corrected chi connectivity index (χ2v) is 8.60. The number of thiophene rings is 1. The van der Waals surface area contributed by atoms with E-state index in [0.717, 1.165) is 59.5 Å². The number of rotatable bonds is 6. The monoisotopic (exact) mass is 446 g/mol. The molecule has 0 unspecified atom stereocenters. The largest absolute Gasteiger partial charge is 0.495 e. The molecule has 0 N–H and O–H groups in total. The second-order valence-electron chi connectivity index (χ2n) is 7.74. The summed E-state index contributed by atoms with van der Waals surface area (Å²) in [5, 5.41) is 3.33. The number of piperazine rings is 1. The summed E-state index contributed by atoms with van der Waals surface area (Å²) in [6.45, 7) is 3.95. The van der Waals surface area contributed by atoms with Gasteiger partial charge in [-0.1, -0.05) is 42.5 Å². The molecule has 1 aliphatic rings. The van der Waals surface area contributed by atoms with Crippen molar-refractivity contribution < 1.29 is 9.47 Å². The van der Waals surface area contributed by atoms with E-state index < -0.39 is 0 Å². The van der Waals surface area contributed by atoms with Crippen LogP contribution in [0.5, 0.6) is 5.75 Å². The molecule has 4 aromatic rings. The van der Waals surface area contributed by atoms with Crippen LogP contribution < -0.4 is 14.5 Å². The molecule has 5 rings (SSSR count). The van der Waals surface area contributed by atoms with Crippen LogP contribution in [0.15, 0.2) is 60.0 Å². The van der Waals surface area contributed by atoms with Crippen molar-refractivity contribution in [2.24, 2.45) is 0 Å². The van der Waals surface area contributed by atoms with Gasteiger partial charge in [-0.15, -0.1) is 11.3 Å². The van der Waals surface area contributed by atoms with Crippen molar-refractivity contribution in [2.45, 2.75) is 6.61 Å². The Balaban J connectivity index is 1.50. The molecule has 1 aliphatic heterocycles. The summed E-state index contributed by atoms with van der Waals surface area (Å²) in [7, 11) is 3.41. The molecule has 6 nitrogen and oxygen atoms in total. The Hall–Kier alpha value is -3.16. The zero-order valence-corrected chi connectivity index (χ0v) is 19.1. The van der Waals surface area contributed by atoms with Crippen LogP contribution in [0.2, 0.25) is 0 Å². The normalized spacial score (nSPS) is 14.2. The van der Waals surface area contributed by atoms with E-state index in [0.29, 0.717) is 6.61 Å². The minimum atomic E-state index is 0.405. The Bertz CT molecular complexity index is 1200. The van der Waals surface area contributed by atoms with E-state index in [2.05, 4.69) is 51.6 Å². The maximum absolute atomic E-state index is 5.58. The van der Waals surface area contributed by atoms with Gasteiger partial charge in [0.25, 0.3) is 0 Å². The number of hydrogen-bond donors (Lipinski definition) is 0. The highest BCUT2D eigenvalue weighted by Gasteiger charge is 2.24. The Morgan fingerprint density at radius 1 is 0.875 bits per heavy atom. The predicted octanol–water partition coefficient (Wildman–Crippen LogP) is 4.84. The van der Waals surface area contributed by atoms with Gasteiger partial charge in [-0.2, -0.15) is 0 Å². The zero-order chi connectivity index (χ0) is 21.9. The highest BCUT2D eigenvalue weighted by molar-refractivity contribution is 7.17. The molecule has 2 aromatic heterocycles. The second kappa shape index (κ2) is 9.14. The van der Waals surface area contributed by atoms with Crippen molar-refractivity contribution in [2.75, 3.05) is 50.2 Å². The number of hydrogen-bond acceptors (Lipinski definition) is 7. The Kier molecular flexibility index (Phi) is 5.92. The first-order valence-corrected chi connectivity index (χ1v) is 11.6. The topological polar surface area (TPSA) is 50.7 Å². The maximum atomic E-state index is 5.58. The summed E-state index contributed by atoms with van der Waals surface area (Å²) < 4.78 is 10.9. The Labute approximate surface area is 192 Å². The number of para-hydroxylation sites is 2. The van der Waals surface area contributed by atoms with Gasteiger partial charge in [-0.25, -0.2) is 9.97 Å². The van der Waals surface area contributed by atoms with Gasteiger partial charge in [0.15, 0.2) is 5.82 Å². The van der Waals surface area contributed by atoms with Gasteiger partial charge in [0.05, 0.1) is 18.2 Å². The summed E-state index contributed by atoms with van der Waals surface area (Å²) >= 11 is 1.67. The summed E-state index contributed by atoms with van der Waals surface area (Å²) in [6, 6.07) is 18.7. The molecular weight excluding hydrogens is 420 g/mol. The molecule has 2 aromatic carbocycles. The lowest BCUT2D eigenvalue weighted by Crippen LogP contribution is -2.47. The zero-order valence-electron chi connectivity index (χ0n) is 18.3. The highest BCUT2D eigenvalue weighted by atomic mass is 32.1. The molecule has 0 bridgehead atoms. The third kappa shape index (κ3) is 3.89. The van der Waals surface area contributed by atoms with Crippen molar-refractivity contribution in [1.82, 2.24) is 9.97 Å². The first-order valence-electron chi connectivity index (χ1n) is 10.7. The molecule has 3 heterocycles. The number of fused-ring (bicyclic) bond motifs is 1. The van der Waals surface area contributed by atoms with Gasteiger partial charge in [-0.3, -0.25) is 0 Å². The van der Waals surface area contributed by atoms with Crippen molar-refractivity contribution in [3.05, 3.63) is 65.8 Å². The van der Waals surface area contributed by atoms with E-state index in [1.807, 2.05) is 18.2 Å². The maximum Gasteiger partial charge on any atom is 0.158 e. The smallest absolute Gasteiger partial charge is 0.158 e. The van der Waals surface area contributed by atoms with Gasteiger partial charge < -0.3 is 19.3 Å². The molecule has 0 atom stereocenters. The molecule has 1 saturated heterocycles. The number of ether oxygens (including phenoxy) is 2. The first kappa shape index (κ1) is 20.7. The highest BCUT2D eigenvalue weighted by Crippen LogP contribution is 2.39. The third-order valence-corrected chi connectivity index (χ3v) is 6.70. The quantitative estimate of drug-likeness (QED) is 0.422. The molecule has 0 radical (unpaired) electrons. The number of nitrogens with zero attached hydrogens (tertiary/aromatic N) is 4. The number of aromatic nitrogens is 2. The van der Waals surface area contributed by atoms with Crippen molar-refractivity contribution in [3.63, 3.8) is 0 Å². The van der Waals surface area contributed by atoms with E-state index in [1.54, 1.807) is 25.6 Å². The Morgan fingerprint density at radius 3 is 2.34 bits per heavy atom. The molecule has 7 heteroatoms. The van der Waals surface area contributed by atoms with Gasteiger partial charge in [0, 0.05) is 44.2 Å². The molecule has 0 amide bonds. The van der Waals surface area contributed by atoms with Crippen LogP contribution in [0, 0.1) is 0 Å². The molecule has 0 aliphatic carbocycles. The van der Waals surface area contributed by atoms with E-state index in [1.165, 1.54) is 11.1 Å². The number of methoxy groups -OCH3 is 2. The van der Waals surface area contributed by atoms with Gasteiger partial charge in [0.2, 0.25) is 0 Å².